The number of amides is 2. The number of fused-ring (bicyclic) bond motifs is 1. The van der Waals surface area contributed by atoms with Gasteiger partial charge < -0.3 is 14.5 Å². The number of likely N-dealkylation sites (tertiary alicyclic amines) is 2. The molecule has 2 saturated heterocycles. The van der Waals surface area contributed by atoms with Crippen molar-refractivity contribution in [3.05, 3.63) is 77.9 Å². The summed E-state index contributed by atoms with van der Waals surface area (Å²) in [4.78, 5) is 30.9. The van der Waals surface area contributed by atoms with Gasteiger partial charge in [0.1, 0.15) is 5.75 Å². The van der Waals surface area contributed by atoms with Gasteiger partial charge in [0, 0.05) is 25.2 Å². The minimum atomic E-state index is -0.142. The van der Waals surface area contributed by atoms with Gasteiger partial charge in [-0.15, -0.1) is 0 Å². The quantitative estimate of drug-likeness (QED) is 0.567. The van der Waals surface area contributed by atoms with Crippen LogP contribution in [-0.2, 0) is 4.79 Å². The standard InChI is InChI=1S/C28H30N2O3/c1-33-23-15-13-21(14-16-23)26-12-6-18-30(26)27(31)22-9-5-17-29(19-22)28(32)25-11-4-8-20-7-2-3-10-24(20)25/h2-4,7-8,10-11,13-16,22,26H,5-6,9,12,17-19H2,1H3/t22-,26+/m1/s1. The van der Waals surface area contributed by atoms with E-state index in [2.05, 4.69) is 12.1 Å². The van der Waals surface area contributed by atoms with E-state index in [9.17, 15) is 9.59 Å². The third-order valence-electron chi connectivity index (χ3n) is 7.11. The molecule has 33 heavy (non-hydrogen) atoms. The van der Waals surface area contributed by atoms with Crippen LogP contribution in [0.4, 0.5) is 0 Å². The molecule has 0 unspecified atom stereocenters. The second-order valence-electron chi connectivity index (χ2n) is 9.08. The van der Waals surface area contributed by atoms with Crippen molar-refractivity contribution >= 4 is 22.6 Å². The molecule has 170 valence electrons. The summed E-state index contributed by atoms with van der Waals surface area (Å²) in [5, 5.41) is 2.03. The minimum absolute atomic E-state index is 0.0254. The zero-order chi connectivity index (χ0) is 22.8. The topological polar surface area (TPSA) is 49.9 Å². The molecule has 2 aliphatic heterocycles. The first-order valence-electron chi connectivity index (χ1n) is 11.9. The number of ether oxygens (including phenoxy) is 1. The maximum Gasteiger partial charge on any atom is 0.254 e. The van der Waals surface area contributed by atoms with E-state index in [1.165, 1.54) is 0 Å². The predicted octanol–water partition coefficient (Wildman–Crippen LogP) is 5.06. The number of carbonyl (C=O) groups is 2. The second-order valence-corrected chi connectivity index (χ2v) is 9.08. The van der Waals surface area contributed by atoms with Gasteiger partial charge in [-0.2, -0.15) is 0 Å². The molecule has 2 atom stereocenters. The Hall–Kier alpha value is -3.34. The Morgan fingerprint density at radius 1 is 0.879 bits per heavy atom. The monoisotopic (exact) mass is 442 g/mol. The highest BCUT2D eigenvalue weighted by Crippen LogP contribution is 2.35. The summed E-state index contributed by atoms with van der Waals surface area (Å²) in [5.41, 5.74) is 1.87. The van der Waals surface area contributed by atoms with Crippen LogP contribution >= 0.6 is 0 Å². The van der Waals surface area contributed by atoms with Crippen molar-refractivity contribution in [3.63, 3.8) is 0 Å². The molecular weight excluding hydrogens is 412 g/mol. The predicted molar refractivity (Wildman–Crippen MR) is 129 cm³/mol. The zero-order valence-corrected chi connectivity index (χ0v) is 19.1. The maximum absolute atomic E-state index is 13.6. The number of carbonyl (C=O) groups excluding carboxylic acids is 2. The molecule has 2 amide bonds. The van der Waals surface area contributed by atoms with Gasteiger partial charge in [-0.05, 0) is 60.2 Å². The highest BCUT2D eigenvalue weighted by molar-refractivity contribution is 6.07. The van der Waals surface area contributed by atoms with Crippen molar-refractivity contribution in [3.8, 4) is 5.75 Å². The fourth-order valence-electron chi connectivity index (χ4n) is 5.38. The van der Waals surface area contributed by atoms with Gasteiger partial charge in [-0.3, -0.25) is 9.59 Å². The van der Waals surface area contributed by atoms with E-state index >= 15 is 0 Å². The van der Waals surface area contributed by atoms with Crippen LogP contribution in [0.3, 0.4) is 0 Å². The van der Waals surface area contributed by atoms with Crippen LogP contribution < -0.4 is 4.74 Å². The lowest BCUT2D eigenvalue weighted by Gasteiger charge is -2.36. The molecule has 0 bridgehead atoms. The Balaban J connectivity index is 1.32. The first-order valence-corrected chi connectivity index (χ1v) is 11.9. The lowest BCUT2D eigenvalue weighted by Crippen LogP contribution is -2.46. The van der Waals surface area contributed by atoms with Gasteiger partial charge in [0.2, 0.25) is 5.91 Å². The van der Waals surface area contributed by atoms with Gasteiger partial charge >= 0.3 is 0 Å². The third-order valence-corrected chi connectivity index (χ3v) is 7.11. The largest absolute Gasteiger partial charge is 0.497 e. The molecule has 0 saturated carbocycles. The first-order chi connectivity index (χ1) is 16.2. The van der Waals surface area contributed by atoms with E-state index in [1.54, 1.807) is 7.11 Å². The third kappa shape index (κ3) is 4.20. The molecule has 0 N–H and O–H groups in total. The Labute approximate surface area is 194 Å². The minimum Gasteiger partial charge on any atom is -0.497 e. The van der Waals surface area contributed by atoms with Crippen molar-refractivity contribution in [2.75, 3.05) is 26.7 Å². The Bertz CT molecular complexity index is 1150. The summed E-state index contributed by atoms with van der Waals surface area (Å²) < 4.78 is 5.28. The number of nitrogens with zero attached hydrogens (tertiary/aromatic N) is 2. The molecule has 5 nitrogen and oxygen atoms in total. The lowest BCUT2D eigenvalue weighted by atomic mass is 9.94. The number of hydrogen-bond acceptors (Lipinski definition) is 3. The molecule has 0 radical (unpaired) electrons. The number of hydrogen-bond donors (Lipinski definition) is 0. The van der Waals surface area contributed by atoms with Gasteiger partial charge in [0.05, 0.1) is 19.1 Å². The number of rotatable bonds is 4. The van der Waals surface area contributed by atoms with E-state index in [1.807, 2.05) is 64.4 Å². The summed E-state index contributed by atoms with van der Waals surface area (Å²) >= 11 is 0. The van der Waals surface area contributed by atoms with Crippen molar-refractivity contribution < 1.29 is 14.3 Å². The molecular formula is C28H30N2O3. The van der Waals surface area contributed by atoms with Gasteiger partial charge in [-0.1, -0.05) is 48.5 Å². The molecule has 0 aliphatic carbocycles. The SMILES string of the molecule is COc1ccc([C@@H]2CCCN2C(=O)[C@@H]2CCCN(C(=O)c3cccc4ccccc34)C2)cc1. The van der Waals surface area contributed by atoms with Crippen LogP contribution in [0.5, 0.6) is 5.75 Å². The molecule has 0 spiro atoms. The van der Waals surface area contributed by atoms with Crippen LogP contribution in [0.2, 0.25) is 0 Å². The number of methoxy groups -OCH3 is 1. The first kappa shape index (κ1) is 21.5. The zero-order valence-electron chi connectivity index (χ0n) is 19.1. The van der Waals surface area contributed by atoms with E-state index in [0.29, 0.717) is 13.1 Å². The van der Waals surface area contributed by atoms with Gasteiger partial charge in [0.25, 0.3) is 5.91 Å². The molecule has 2 heterocycles. The van der Waals surface area contributed by atoms with Gasteiger partial charge in [-0.25, -0.2) is 0 Å². The molecule has 3 aromatic carbocycles. The maximum atomic E-state index is 13.6. The Morgan fingerprint density at radius 2 is 1.64 bits per heavy atom. The molecule has 5 rings (SSSR count). The fraction of sp³-hybridized carbons (Fsp3) is 0.357. The number of piperidine rings is 1. The number of benzene rings is 3. The molecule has 5 heteroatoms. The fourth-order valence-corrected chi connectivity index (χ4v) is 5.38. The smallest absolute Gasteiger partial charge is 0.254 e. The van der Waals surface area contributed by atoms with Crippen LogP contribution in [0, 0.1) is 5.92 Å². The van der Waals surface area contributed by atoms with Crippen LogP contribution in [0.1, 0.15) is 47.6 Å². The van der Waals surface area contributed by atoms with Gasteiger partial charge in [0.15, 0.2) is 0 Å². The van der Waals surface area contributed by atoms with E-state index < -0.39 is 0 Å². The average Bonchev–Trinajstić information content (AvgIpc) is 3.37. The Morgan fingerprint density at radius 3 is 2.45 bits per heavy atom. The average molecular weight is 443 g/mol. The lowest BCUT2D eigenvalue weighted by molar-refractivity contribution is -0.137. The van der Waals surface area contributed by atoms with Crippen LogP contribution in [0.15, 0.2) is 66.7 Å². The summed E-state index contributed by atoms with van der Waals surface area (Å²) in [6, 6.07) is 22.0. The van der Waals surface area contributed by atoms with Crippen molar-refractivity contribution in [1.29, 1.82) is 0 Å². The van der Waals surface area contributed by atoms with Crippen LogP contribution in [0.25, 0.3) is 10.8 Å². The van der Waals surface area contributed by atoms with Crippen molar-refractivity contribution in [2.45, 2.75) is 31.7 Å². The summed E-state index contributed by atoms with van der Waals surface area (Å²) in [6.45, 7) is 1.98. The highest BCUT2D eigenvalue weighted by Gasteiger charge is 2.37. The van der Waals surface area contributed by atoms with Crippen molar-refractivity contribution in [2.24, 2.45) is 5.92 Å². The molecule has 2 aliphatic rings. The second kappa shape index (κ2) is 9.26. The molecule has 0 aromatic heterocycles. The molecule has 2 fully saturated rings. The summed E-state index contributed by atoms with van der Waals surface area (Å²) in [6.07, 6.45) is 3.68. The van der Waals surface area contributed by atoms with Crippen molar-refractivity contribution in [1.82, 2.24) is 9.80 Å². The molecule has 3 aromatic rings. The van der Waals surface area contributed by atoms with E-state index in [4.69, 9.17) is 4.74 Å². The summed E-state index contributed by atoms with van der Waals surface area (Å²) in [7, 11) is 1.66. The Kier molecular flexibility index (Phi) is 6.03. The normalized spacial score (nSPS) is 20.8. The van der Waals surface area contributed by atoms with Crippen LogP contribution in [-0.4, -0.2) is 48.4 Å². The summed E-state index contributed by atoms with van der Waals surface area (Å²) in [5.74, 6) is 0.891. The van der Waals surface area contributed by atoms with E-state index in [-0.39, 0.29) is 23.8 Å². The highest BCUT2D eigenvalue weighted by atomic mass is 16.5. The van der Waals surface area contributed by atoms with E-state index in [0.717, 1.165) is 59.9 Å².